The Morgan fingerprint density at radius 3 is 2.33 bits per heavy atom. The van der Waals surface area contributed by atoms with E-state index in [-0.39, 0.29) is 11.8 Å². The van der Waals surface area contributed by atoms with Crippen molar-refractivity contribution in [2.75, 3.05) is 11.9 Å². The largest absolute Gasteiger partial charge is 0.355 e. The first-order valence-electron chi connectivity index (χ1n) is 7.06. The van der Waals surface area contributed by atoms with Crippen molar-refractivity contribution in [3.63, 3.8) is 0 Å². The molecule has 1 rings (SSSR count). The molecule has 0 aliphatic carbocycles. The van der Waals surface area contributed by atoms with Crippen molar-refractivity contribution in [2.24, 2.45) is 5.41 Å². The number of hydrogen-bond donors (Lipinski definition) is 2. The van der Waals surface area contributed by atoms with Crippen LogP contribution in [0, 0.1) is 19.3 Å². The standard InChI is InChI=1S/C16H23ClN2O2/c1-6-7-18-14(20)16(4,5)15(21)19-13-11(3)8-10(2)9-12(13)17/h8-9H,6-7H2,1-5H3,(H,18,20)(H,19,21). The van der Waals surface area contributed by atoms with Crippen LogP contribution in [0.15, 0.2) is 12.1 Å². The average Bonchev–Trinajstić information content (AvgIpc) is 2.39. The van der Waals surface area contributed by atoms with Gasteiger partial charge in [-0.05, 0) is 51.3 Å². The number of anilines is 1. The van der Waals surface area contributed by atoms with Gasteiger partial charge in [-0.15, -0.1) is 0 Å². The lowest BCUT2D eigenvalue weighted by Crippen LogP contribution is -2.45. The fraction of sp³-hybridized carbons (Fsp3) is 0.500. The first-order chi connectivity index (χ1) is 9.70. The van der Waals surface area contributed by atoms with E-state index in [1.165, 1.54) is 0 Å². The number of nitrogens with one attached hydrogen (secondary N) is 2. The molecule has 0 bridgehead atoms. The Morgan fingerprint density at radius 2 is 1.81 bits per heavy atom. The van der Waals surface area contributed by atoms with Crippen LogP contribution in [0.2, 0.25) is 5.02 Å². The molecule has 0 saturated carbocycles. The van der Waals surface area contributed by atoms with Crippen molar-refractivity contribution < 1.29 is 9.59 Å². The fourth-order valence-electron chi connectivity index (χ4n) is 1.91. The number of amides is 2. The molecule has 0 unspecified atom stereocenters. The number of aryl methyl sites for hydroxylation is 2. The highest BCUT2D eigenvalue weighted by Crippen LogP contribution is 2.29. The van der Waals surface area contributed by atoms with E-state index in [2.05, 4.69) is 10.6 Å². The Labute approximate surface area is 131 Å². The van der Waals surface area contributed by atoms with Gasteiger partial charge in [-0.1, -0.05) is 24.6 Å². The SMILES string of the molecule is CCCNC(=O)C(C)(C)C(=O)Nc1c(C)cc(C)cc1Cl. The van der Waals surface area contributed by atoms with Gasteiger partial charge < -0.3 is 10.6 Å². The number of benzene rings is 1. The monoisotopic (exact) mass is 310 g/mol. The number of carbonyl (C=O) groups excluding carboxylic acids is 2. The van der Waals surface area contributed by atoms with Gasteiger partial charge in [-0.3, -0.25) is 9.59 Å². The van der Waals surface area contributed by atoms with Crippen LogP contribution in [0.3, 0.4) is 0 Å². The van der Waals surface area contributed by atoms with Gasteiger partial charge >= 0.3 is 0 Å². The molecule has 21 heavy (non-hydrogen) atoms. The molecule has 1 aromatic carbocycles. The molecular weight excluding hydrogens is 288 g/mol. The summed E-state index contributed by atoms with van der Waals surface area (Å²) in [7, 11) is 0. The maximum Gasteiger partial charge on any atom is 0.239 e. The van der Waals surface area contributed by atoms with E-state index in [0.29, 0.717) is 17.3 Å². The van der Waals surface area contributed by atoms with Crippen LogP contribution >= 0.6 is 11.6 Å². The van der Waals surface area contributed by atoms with E-state index >= 15 is 0 Å². The van der Waals surface area contributed by atoms with Crippen molar-refractivity contribution in [1.82, 2.24) is 5.32 Å². The van der Waals surface area contributed by atoms with E-state index < -0.39 is 5.41 Å². The smallest absolute Gasteiger partial charge is 0.239 e. The third-order valence-electron chi connectivity index (χ3n) is 3.34. The van der Waals surface area contributed by atoms with Crippen molar-refractivity contribution in [1.29, 1.82) is 0 Å². The molecule has 0 spiro atoms. The molecule has 2 amide bonds. The fourth-order valence-corrected chi connectivity index (χ4v) is 2.27. The number of halogens is 1. The number of rotatable bonds is 5. The number of hydrogen-bond acceptors (Lipinski definition) is 2. The van der Waals surface area contributed by atoms with Crippen molar-refractivity contribution in [3.05, 3.63) is 28.3 Å². The molecule has 0 atom stereocenters. The van der Waals surface area contributed by atoms with Gasteiger partial charge in [0.1, 0.15) is 5.41 Å². The van der Waals surface area contributed by atoms with Crippen LogP contribution in [0.1, 0.15) is 38.3 Å². The summed E-state index contributed by atoms with van der Waals surface area (Å²) < 4.78 is 0. The minimum atomic E-state index is -1.16. The molecular formula is C16H23ClN2O2. The van der Waals surface area contributed by atoms with Gasteiger partial charge in [0.2, 0.25) is 11.8 Å². The molecule has 4 nitrogen and oxygen atoms in total. The summed E-state index contributed by atoms with van der Waals surface area (Å²) in [4.78, 5) is 24.5. The Kier molecular flexibility index (Phi) is 5.78. The molecule has 0 aliphatic heterocycles. The van der Waals surface area contributed by atoms with Gasteiger partial charge in [0.05, 0.1) is 10.7 Å². The second-order valence-electron chi connectivity index (χ2n) is 5.77. The van der Waals surface area contributed by atoms with Crippen LogP contribution in [0.25, 0.3) is 0 Å². The average molecular weight is 311 g/mol. The zero-order chi connectivity index (χ0) is 16.2. The minimum Gasteiger partial charge on any atom is -0.355 e. The lowest BCUT2D eigenvalue weighted by molar-refractivity contribution is -0.138. The molecule has 116 valence electrons. The minimum absolute atomic E-state index is 0.289. The molecule has 5 heteroatoms. The summed E-state index contributed by atoms with van der Waals surface area (Å²) in [5, 5.41) is 5.99. The Morgan fingerprint density at radius 1 is 1.19 bits per heavy atom. The predicted octanol–water partition coefficient (Wildman–Crippen LogP) is 3.45. The topological polar surface area (TPSA) is 58.2 Å². The van der Waals surface area contributed by atoms with Crippen molar-refractivity contribution >= 4 is 29.1 Å². The van der Waals surface area contributed by atoms with Crippen LogP contribution < -0.4 is 10.6 Å². The van der Waals surface area contributed by atoms with Crippen LogP contribution in [0.5, 0.6) is 0 Å². The maximum absolute atomic E-state index is 12.4. The van der Waals surface area contributed by atoms with E-state index in [9.17, 15) is 9.59 Å². The van der Waals surface area contributed by atoms with Crippen LogP contribution in [0.4, 0.5) is 5.69 Å². The lowest BCUT2D eigenvalue weighted by atomic mass is 9.90. The molecule has 0 aliphatic rings. The van der Waals surface area contributed by atoms with Gasteiger partial charge in [0.15, 0.2) is 0 Å². The van der Waals surface area contributed by atoms with Crippen LogP contribution in [-0.4, -0.2) is 18.4 Å². The summed E-state index contributed by atoms with van der Waals surface area (Å²) in [6, 6.07) is 3.72. The van der Waals surface area contributed by atoms with Gasteiger partial charge in [0, 0.05) is 6.54 Å². The highest BCUT2D eigenvalue weighted by Gasteiger charge is 2.36. The maximum atomic E-state index is 12.4. The summed E-state index contributed by atoms with van der Waals surface area (Å²) in [6.07, 6.45) is 0.826. The quantitative estimate of drug-likeness (QED) is 0.818. The van der Waals surface area contributed by atoms with E-state index in [1.54, 1.807) is 19.9 Å². The van der Waals surface area contributed by atoms with E-state index in [4.69, 9.17) is 11.6 Å². The first-order valence-corrected chi connectivity index (χ1v) is 7.44. The Balaban J connectivity index is 2.93. The zero-order valence-corrected chi connectivity index (χ0v) is 14.0. The lowest BCUT2D eigenvalue weighted by Gasteiger charge is -2.23. The van der Waals surface area contributed by atoms with Gasteiger partial charge in [0.25, 0.3) is 0 Å². The molecule has 0 heterocycles. The second kappa shape index (κ2) is 6.94. The summed E-state index contributed by atoms with van der Waals surface area (Å²) in [6.45, 7) is 9.53. The summed E-state index contributed by atoms with van der Waals surface area (Å²) in [5.41, 5.74) is 1.30. The Hall–Kier alpha value is -1.55. The second-order valence-corrected chi connectivity index (χ2v) is 6.18. The highest BCUT2D eigenvalue weighted by atomic mass is 35.5. The van der Waals surface area contributed by atoms with E-state index in [0.717, 1.165) is 17.5 Å². The summed E-state index contributed by atoms with van der Waals surface area (Å²) >= 11 is 6.18. The van der Waals surface area contributed by atoms with Gasteiger partial charge in [-0.2, -0.15) is 0 Å². The van der Waals surface area contributed by atoms with Crippen molar-refractivity contribution in [3.8, 4) is 0 Å². The zero-order valence-electron chi connectivity index (χ0n) is 13.3. The van der Waals surface area contributed by atoms with E-state index in [1.807, 2.05) is 26.8 Å². The molecule has 0 radical (unpaired) electrons. The molecule has 2 N–H and O–H groups in total. The molecule has 0 aromatic heterocycles. The molecule has 0 saturated heterocycles. The highest BCUT2D eigenvalue weighted by molar-refractivity contribution is 6.34. The number of carbonyl (C=O) groups is 2. The molecule has 0 fully saturated rings. The predicted molar refractivity (Wildman–Crippen MR) is 86.6 cm³/mol. The third kappa shape index (κ3) is 4.21. The normalized spacial score (nSPS) is 11.1. The molecule has 1 aromatic rings. The first kappa shape index (κ1) is 17.5. The summed E-state index contributed by atoms with van der Waals surface area (Å²) in [5.74, 6) is -0.660. The third-order valence-corrected chi connectivity index (χ3v) is 3.64. The van der Waals surface area contributed by atoms with Crippen molar-refractivity contribution in [2.45, 2.75) is 41.0 Å². The Bertz CT molecular complexity index is 530. The van der Waals surface area contributed by atoms with Crippen LogP contribution in [-0.2, 0) is 9.59 Å². The van der Waals surface area contributed by atoms with Gasteiger partial charge in [-0.25, -0.2) is 0 Å².